The number of hydrogen-bond donors (Lipinski definition) is 1. The van der Waals surface area contributed by atoms with Crippen LogP contribution in [0.3, 0.4) is 0 Å². The lowest BCUT2D eigenvalue weighted by Crippen LogP contribution is -2.44. The quantitative estimate of drug-likeness (QED) is 0.496. The molecular formula is C13H25NO3. The van der Waals surface area contributed by atoms with Crippen molar-refractivity contribution in [2.24, 2.45) is 0 Å². The molecular weight excluding hydrogens is 218 g/mol. The van der Waals surface area contributed by atoms with Crippen molar-refractivity contribution in [3.05, 3.63) is 0 Å². The van der Waals surface area contributed by atoms with Crippen LogP contribution >= 0.6 is 0 Å². The maximum Gasteiger partial charge on any atom is 0.323 e. The van der Waals surface area contributed by atoms with Gasteiger partial charge in [-0.1, -0.05) is 39.5 Å². The standard InChI is InChI=1S/C13H25NO3/c1-3-5-6-7-8-12(14-4-2)13(15)17-11-9-16-10-11/h11-12,14H,3-10H2,1-2H3. The Morgan fingerprint density at radius 1 is 1.35 bits per heavy atom. The molecule has 17 heavy (non-hydrogen) atoms. The van der Waals surface area contributed by atoms with Crippen molar-refractivity contribution in [2.75, 3.05) is 19.8 Å². The highest BCUT2D eigenvalue weighted by Crippen LogP contribution is 2.11. The van der Waals surface area contributed by atoms with Gasteiger partial charge in [0.05, 0.1) is 13.2 Å². The minimum absolute atomic E-state index is 0.0145. The minimum atomic E-state index is -0.141. The molecule has 0 saturated carbocycles. The van der Waals surface area contributed by atoms with Crippen LogP contribution in [-0.2, 0) is 14.3 Å². The highest BCUT2D eigenvalue weighted by molar-refractivity contribution is 5.76. The van der Waals surface area contributed by atoms with Crippen molar-refractivity contribution in [3.8, 4) is 0 Å². The maximum atomic E-state index is 11.9. The second-order valence-corrected chi connectivity index (χ2v) is 4.56. The Balaban J connectivity index is 2.21. The Kier molecular flexibility index (Phi) is 7.21. The molecule has 1 unspecified atom stereocenters. The van der Waals surface area contributed by atoms with E-state index in [1.807, 2.05) is 6.92 Å². The van der Waals surface area contributed by atoms with Crippen LogP contribution in [0.4, 0.5) is 0 Å². The first kappa shape index (κ1) is 14.5. The van der Waals surface area contributed by atoms with Gasteiger partial charge in [-0.3, -0.25) is 4.79 Å². The molecule has 0 aromatic carbocycles. The van der Waals surface area contributed by atoms with Gasteiger partial charge in [-0.25, -0.2) is 0 Å². The van der Waals surface area contributed by atoms with Crippen LogP contribution in [0.5, 0.6) is 0 Å². The summed E-state index contributed by atoms with van der Waals surface area (Å²) in [5.74, 6) is -0.114. The topological polar surface area (TPSA) is 47.6 Å². The summed E-state index contributed by atoms with van der Waals surface area (Å²) < 4.78 is 10.3. The van der Waals surface area contributed by atoms with E-state index < -0.39 is 0 Å². The molecule has 1 N–H and O–H groups in total. The number of ether oxygens (including phenoxy) is 2. The Morgan fingerprint density at radius 3 is 2.65 bits per heavy atom. The molecule has 0 radical (unpaired) electrons. The molecule has 4 heteroatoms. The molecule has 1 aliphatic rings. The SMILES string of the molecule is CCCCCCC(NCC)C(=O)OC1COC1. The van der Waals surface area contributed by atoms with E-state index in [-0.39, 0.29) is 18.1 Å². The van der Waals surface area contributed by atoms with Crippen LogP contribution in [0, 0.1) is 0 Å². The molecule has 100 valence electrons. The molecule has 1 rings (SSSR count). The van der Waals surface area contributed by atoms with E-state index >= 15 is 0 Å². The molecule has 1 saturated heterocycles. The molecule has 0 aromatic rings. The van der Waals surface area contributed by atoms with Crippen LogP contribution < -0.4 is 5.32 Å². The van der Waals surface area contributed by atoms with Crippen LogP contribution in [0.25, 0.3) is 0 Å². The van der Waals surface area contributed by atoms with Gasteiger partial charge in [-0.15, -0.1) is 0 Å². The van der Waals surface area contributed by atoms with Crippen LogP contribution in [0.2, 0.25) is 0 Å². The fraction of sp³-hybridized carbons (Fsp3) is 0.923. The Bertz CT molecular complexity index is 217. The van der Waals surface area contributed by atoms with Gasteiger partial charge in [0.25, 0.3) is 0 Å². The predicted molar refractivity (Wildman–Crippen MR) is 66.9 cm³/mol. The summed E-state index contributed by atoms with van der Waals surface area (Å²) in [4.78, 5) is 11.9. The van der Waals surface area contributed by atoms with E-state index in [1.165, 1.54) is 19.3 Å². The number of esters is 1. The first-order valence-corrected chi connectivity index (χ1v) is 6.79. The molecule has 0 bridgehead atoms. The summed E-state index contributed by atoms with van der Waals surface area (Å²) >= 11 is 0. The van der Waals surface area contributed by atoms with Crippen LogP contribution in [0.15, 0.2) is 0 Å². The summed E-state index contributed by atoms with van der Waals surface area (Å²) in [7, 11) is 0. The zero-order valence-electron chi connectivity index (χ0n) is 11.0. The fourth-order valence-corrected chi connectivity index (χ4v) is 1.85. The highest BCUT2D eigenvalue weighted by Gasteiger charge is 2.26. The number of carbonyl (C=O) groups is 1. The monoisotopic (exact) mass is 243 g/mol. The molecule has 1 heterocycles. The second-order valence-electron chi connectivity index (χ2n) is 4.56. The Labute approximate surface area is 104 Å². The van der Waals surface area contributed by atoms with E-state index in [0.717, 1.165) is 19.4 Å². The van der Waals surface area contributed by atoms with Crippen molar-refractivity contribution in [1.82, 2.24) is 5.32 Å². The van der Waals surface area contributed by atoms with Gasteiger partial charge in [-0.2, -0.15) is 0 Å². The predicted octanol–water partition coefficient (Wildman–Crippen LogP) is 1.88. The lowest BCUT2D eigenvalue weighted by atomic mass is 10.1. The van der Waals surface area contributed by atoms with Gasteiger partial charge < -0.3 is 14.8 Å². The largest absolute Gasteiger partial charge is 0.456 e. The smallest absolute Gasteiger partial charge is 0.323 e. The molecule has 0 aromatic heterocycles. The van der Waals surface area contributed by atoms with Crippen molar-refractivity contribution in [1.29, 1.82) is 0 Å². The van der Waals surface area contributed by atoms with Crippen molar-refractivity contribution < 1.29 is 14.3 Å². The van der Waals surface area contributed by atoms with Gasteiger partial charge in [0.2, 0.25) is 0 Å². The Morgan fingerprint density at radius 2 is 2.12 bits per heavy atom. The number of carbonyl (C=O) groups excluding carboxylic acids is 1. The summed E-state index contributed by atoms with van der Waals surface area (Å²) in [6.07, 6.45) is 5.60. The normalized spacial score (nSPS) is 17.5. The van der Waals surface area contributed by atoms with Gasteiger partial charge >= 0.3 is 5.97 Å². The fourth-order valence-electron chi connectivity index (χ4n) is 1.85. The third-order valence-electron chi connectivity index (χ3n) is 2.97. The highest BCUT2D eigenvalue weighted by atomic mass is 16.6. The van der Waals surface area contributed by atoms with Crippen molar-refractivity contribution in [2.45, 2.75) is 58.1 Å². The second kappa shape index (κ2) is 8.48. The molecule has 1 aliphatic heterocycles. The van der Waals surface area contributed by atoms with Gasteiger partial charge in [0, 0.05) is 0 Å². The van der Waals surface area contributed by atoms with Gasteiger partial charge in [0.15, 0.2) is 0 Å². The first-order chi connectivity index (χ1) is 8.27. The van der Waals surface area contributed by atoms with E-state index in [1.54, 1.807) is 0 Å². The maximum absolute atomic E-state index is 11.9. The molecule has 0 amide bonds. The van der Waals surface area contributed by atoms with E-state index in [9.17, 15) is 4.79 Å². The average Bonchev–Trinajstić information content (AvgIpc) is 2.27. The lowest BCUT2D eigenvalue weighted by Gasteiger charge is -2.27. The number of likely N-dealkylation sites (N-methyl/N-ethyl adjacent to an activating group) is 1. The minimum Gasteiger partial charge on any atom is -0.456 e. The zero-order valence-corrected chi connectivity index (χ0v) is 11.0. The van der Waals surface area contributed by atoms with Crippen molar-refractivity contribution >= 4 is 5.97 Å². The summed E-state index contributed by atoms with van der Waals surface area (Å²) in [5, 5.41) is 3.20. The first-order valence-electron chi connectivity index (χ1n) is 6.79. The van der Waals surface area contributed by atoms with Gasteiger partial charge in [-0.05, 0) is 13.0 Å². The number of unbranched alkanes of at least 4 members (excludes halogenated alkanes) is 3. The Hall–Kier alpha value is -0.610. The summed E-state index contributed by atoms with van der Waals surface area (Å²) in [5.41, 5.74) is 0. The number of nitrogens with one attached hydrogen (secondary N) is 1. The van der Waals surface area contributed by atoms with Crippen LogP contribution in [-0.4, -0.2) is 37.9 Å². The molecule has 1 fully saturated rings. The number of rotatable bonds is 9. The van der Waals surface area contributed by atoms with Crippen molar-refractivity contribution in [3.63, 3.8) is 0 Å². The third-order valence-corrected chi connectivity index (χ3v) is 2.97. The molecule has 1 atom stereocenters. The van der Waals surface area contributed by atoms with E-state index in [2.05, 4.69) is 12.2 Å². The third kappa shape index (κ3) is 5.50. The zero-order chi connectivity index (χ0) is 12.5. The van der Waals surface area contributed by atoms with E-state index in [4.69, 9.17) is 9.47 Å². The van der Waals surface area contributed by atoms with Gasteiger partial charge in [0.1, 0.15) is 12.1 Å². The van der Waals surface area contributed by atoms with Crippen LogP contribution in [0.1, 0.15) is 46.0 Å². The lowest BCUT2D eigenvalue weighted by molar-refractivity contribution is -0.174. The summed E-state index contributed by atoms with van der Waals surface area (Å²) in [6.45, 7) is 6.11. The average molecular weight is 243 g/mol. The van der Waals surface area contributed by atoms with E-state index in [0.29, 0.717) is 13.2 Å². The number of hydrogen-bond acceptors (Lipinski definition) is 4. The molecule has 0 aliphatic carbocycles. The molecule has 4 nitrogen and oxygen atoms in total. The summed E-state index contributed by atoms with van der Waals surface area (Å²) in [6, 6.07) is -0.141. The molecule has 0 spiro atoms.